The molecule has 3 nitrogen and oxygen atoms in total. The lowest BCUT2D eigenvalue weighted by atomic mass is 10.00. The van der Waals surface area contributed by atoms with Crippen molar-refractivity contribution in [2.75, 3.05) is 13.6 Å². The zero-order chi connectivity index (χ0) is 13.1. The lowest BCUT2D eigenvalue weighted by molar-refractivity contribution is -0.138. The smallest absolute Gasteiger partial charge is 0.240 e. The highest BCUT2D eigenvalue weighted by Crippen LogP contribution is 2.26. The zero-order valence-electron chi connectivity index (χ0n) is 10.8. The maximum absolute atomic E-state index is 12.3. The molecule has 4 heteroatoms. The fourth-order valence-corrected chi connectivity index (χ4v) is 2.60. The van der Waals surface area contributed by atoms with Crippen LogP contribution in [0.4, 0.5) is 0 Å². The van der Waals surface area contributed by atoms with E-state index in [1.165, 1.54) is 0 Å². The van der Waals surface area contributed by atoms with Gasteiger partial charge in [0, 0.05) is 11.6 Å². The molecule has 1 amide bonds. The van der Waals surface area contributed by atoms with E-state index < -0.39 is 0 Å². The molecule has 1 fully saturated rings. The number of likely N-dealkylation sites (tertiary alicyclic amines) is 1. The second kappa shape index (κ2) is 5.72. The molecule has 1 aromatic rings. The molecule has 0 aliphatic carbocycles. The number of hydrogen-bond acceptors (Lipinski definition) is 2. The monoisotopic (exact) mass is 266 g/mol. The molecule has 18 heavy (non-hydrogen) atoms. The second-order valence-electron chi connectivity index (χ2n) is 4.74. The van der Waals surface area contributed by atoms with Gasteiger partial charge in [0.2, 0.25) is 5.91 Å². The molecule has 1 aliphatic heterocycles. The largest absolute Gasteiger partial charge is 0.335 e. The fourth-order valence-electron chi connectivity index (χ4n) is 2.47. The van der Waals surface area contributed by atoms with Crippen LogP contribution in [0.25, 0.3) is 0 Å². The quantitative estimate of drug-likeness (QED) is 0.912. The first-order chi connectivity index (χ1) is 8.63. The van der Waals surface area contributed by atoms with Crippen molar-refractivity contribution in [1.29, 1.82) is 0 Å². The van der Waals surface area contributed by atoms with Crippen molar-refractivity contribution in [1.82, 2.24) is 10.2 Å². The molecule has 0 spiro atoms. The number of nitrogens with zero attached hydrogens (tertiary/aromatic N) is 1. The number of carbonyl (C=O) groups is 1. The van der Waals surface area contributed by atoms with E-state index in [9.17, 15) is 4.79 Å². The fraction of sp³-hybridized carbons (Fsp3) is 0.500. The number of carbonyl (C=O) groups excluding carboxylic acids is 1. The summed E-state index contributed by atoms with van der Waals surface area (Å²) in [6.07, 6.45) is 1.98. The first-order valence-electron chi connectivity index (χ1n) is 6.36. The minimum absolute atomic E-state index is 0.0338. The Morgan fingerprint density at radius 3 is 2.67 bits per heavy atom. The van der Waals surface area contributed by atoms with Crippen LogP contribution in [0.3, 0.4) is 0 Å². The highest BCUT2D eigenvalue weighted by atomic mass is 35.5. The second-order valence-corrected chi connectivity index (χ2v) is 5.18. The molecule has 98 valence electrons. The van der Waals surface area contributed by atoms with Gasteiger partial charge in [-0.3, -0.25) is 4.79 Å². The number of rotatable bonds is 3. The molecule has 2 rings (SSSR count). The van der Waals surface area contributed by atoms with Crippen LogP contribution in [0.15, 0.2) is 24.3 Å². The van der Waals surface area contributed by atoms with Crippen LogP contribution in [0.5, 0.6) is 0 Å². The molecular weight excluding hydrogens is 248 g/mol. The summed E-state index contributed by atoms with van der Waals surface area (Å²) in [4.78, 5) is 14.2. The summed E-state index contributed by atoms with van der Waals surface area (Å²) in [5.41, 5.74) is 1.13. The van der Waals surface area contributed by atoms with E-state index in [1.54, 1.807) is 0 Å². The van der Waals surface area contributed by atoms with Gasteiger partial charge in [0.05, 0.1) is 12.1 Å². The van der Waals surface area contributed by atoms with Gasteiger partial charge in [-0.05, 0) is 44.5 Å². The Morgan fingerprint density at radius 2 is 2.06 bits per heavy atom. The van der Waals surface area contributed by atoms with Gasteiger partial charge in [-0.25, -0.2) is 0 Å². The van der Waals surface area contributed by atoms with Gasteiger partial charge in [-0.2, -0.15) is 0 Å². The molecular formula is C14H19ClN2O. The van der Waals surface area contributed by atoms with Crippen molar-refractivity contribution in [3.8, 4) is 0 Å². The van der Waals surface area contributed by atoms with Crippen molar-refractivity contribution in [3.05, 3.63) is 34.9 Å². The van der Waals surface area contributed by atoms with Crippen LogP contribution >= 0.6 is 11.6 Å². The topological polar surface area (TPSA) is 32.3 Å². The lowest BCUT2D eigenvalue weighted by Gasteiger charge is -2.36. The van der Waals surface area contributed by atoms with Crippen molar-refractivity contribution in [2.24, 2.45) is 0 Å². The highest BCUT2D eigenvalue weighted by molar-refractivity contribution is 6.30. The molecule has 1 aliphatic rings. The van der Waals surface area contributed by atoms with Crippen molar-refractivity contribution in [2.45, 2.75) is 31.8 Å². The molecule has 1 aromatic carbocycles. The highest BCUT2D eigenvalue weighted by Gasteiger charge is 2.30. The predicted octanol–water partition coefficient (Wildman–Crippen LogP) is 2.61. The van der Waals surface area contributed by atoms with Gasteiger partial charge in [-0.1, -0.05) is 23.7 Å². The summed E-state index contributed by atoms with van der Waals surface area (Å²) in [6, 6.07) is 7.79. The van der Waals surface area contributed by atoms with E-state index in [0.717, 1.165) is 30.0 Å². The molecule has 2 atom stereocenters. The van der Waals surface area contributed by atoms with Gasteiger partial charge in [-0.15, -0.1) is 0 Å². The van der Waals surface area contributed by atoms with Gasteiger partial charge in [0.1, 0.15) is 0 Å². The van der Waals surface area contributed by atoms with E-state index in [0.29, 0.717) is 0 Å². The van der Waals surface area contributed by atoms with Gasteiger partial charge in [0.25, 0.3) is 0 Å². The van der Waals surface area contributed by atoms with E-state index in [2.05, 4.69) is 12.2 Å². The standard InChI is InChI=1S/C14H19ClN2O/c1-10(11-5-7-12(15)8-6-11)17-9-3-4-13(16-2)14(17)18/h5-8,10,13,16H,3-4,9H2,1-2H3. The van der Waals surface area contributed by atoms with Crippen LogP contribution in [0.1, 0.15) is 31.4 Å². The summed E-state index contributed by atoms with van der Waals surface area (Å²) in [5, 5.41) is 3.81. The van der Waals surface area contributed by atoms with Crippen molar-refractivity contribution < 1.29 is 4.79 Å². The minimum Gasteiger partial charge on any atom is -0.335 e. The summed E-state index contributed by atoms with van der Waals surface area (Å²) >= 11 is 5.89. The van der Waals surface area contributed by atoms with Crippen LogP contribution < -0.4 is 5.32 Å². The Balaban J connectivity index is 2.15. The van der Waals surface area contributed by atoms with E-state index >= 15 is 0 Å². The molecule has 1 heterocycles. The molecule has 0 aromatic heterocycles. The van der Waals surface area contributed by atoms with Crippen LogP contribution in [-0.4, -0.2) is 30.4 Å². The SMILES string of the molecule is CNC1CCCN(C(C)c2ccc(Cl)cc2)C1=O. The van der Waals surface area contributed by atoms with Gasteiger partial charge < -0.3 is 10.2 Å². The Bertz CT molecular complexity index is 418. The number of piperidine rings is 1. The normalized spacial score (nSPS) is 22.1. The number of benzene rings is 1. The number of nitrogens with one attached hydrogen (secondary N) is 1. The first kappa shape index (κ1) is 13.4. The third-order valence-electron chi connectivity index (χ3n) is 3.64. The van der Waals surface area contributed by atoms with Gasteiger partial charge in [0.15, 0.2) is 0 Å². The number of likely N-dealkylation sites (N-methyl/N-ethyl adjacent to an activating group) is 1. The molecule has 0 saturated carbocycles. The molecule has 0 radical (unpaired) electrons. The molecule has 1 saturated heterocycles. The maximum atomic E-state index is 12.3. The third-order valence-corrected chi connectivity index (χ3v) is 3.89. The van der Waals surface area contributed by atoms with Crippen LogP contribution in [0.2, 0.25) is 5.02 Å². The zero-order valence-corrected chi connectivity index (χ0v) is 11.6. The summed E-state index contributed by atoms with van der Waals surface area (Å²) < 4.78 is 0. The summed E-state index contributed by atoms with van der Waals surface area (Å²) in [7, 11) is 1.85. The van der Waals surface area contributed by atoms with Crippen molar-refractivity contribution in [3.63, 3.8) is 0 Å². The number of hydrogen-bond donors (Lipinski definition) is 1. The van der Waals surface area contributed by atoms with E-state index in [1.807, 2.05) is 36.2 Å². The summed E-state index contributed by atoms with van der Waals surface area (Å²) in [6.45, 7) is 2.90. The molecule has 1 N–H and O–H groups in total. The van der Waals surface area contributed by atoms with Crippen molar-refractivity contribution >= 4 is 17.5 Å². The number of amides is 1. The van der Waals surface area contributed by atoms with Crippen LogP contribution in [-0.2, 0) is 4.79 Å². The Labute approximate surface area is 113 Å². The lowest BCUT2D eigenvalue weighted by Crippen LogP contribution is -2.50. The van der Waals surface area contributed by atoms with Crippen LogP contribution in [0, 0.1) is 0 Å². The third kappa shape index (κ3) is 2.68. The summed E-state index contributed by atoms with van der Waals surface area (Å²) in [5.74, 6) is 0.200. The maximum Gasteiger partial charge on any atom is 0.240 e. The van der Waals surface area contributed by atoms with E-state index in [-0.39, 0.29) is 18.0 Å². The average Bonchev–Trinajstić information content (AvgIpc) is 2.39. The Hall–Kier alpha value is -1.06. The first-order valence-corrected chi connectivity index (χ1v) is 6.74. The average molecular weight is 267 g/mol. The van der Waals surface area contributed by atoms with E-state index in [4.69, 9.17) is 11.6 Å². The minimum atomic E-state index is -0.0338. The van der Waals surface area contributed by atoms with Gasteiger partial charge >= 0.3 is 0 Å². The molecule has 0 bridgehead atoms. The molecule has 2 unspecified atom stereocenters. The Morgan fingerprint density at radius 1 is 1.39 bits per heavy atom. The Kier molecular flexibility index (Phi) is 4.25. The predicted molar refractivity (Wildman–Crippen MR) is 73.7 cm³/mol. The number of halogens is 1.